The Morgan fingerprint density at radius 2 is 2.23 bits per heavy atom. The third-order valence-electron chi connectivity index (χ3n) is 2.29. The first-order valence-corrected chi connectivity index (χ1v) is 4.60. The van der Waals surface area contributed by atoms with E-state index in [2.05, 4.69) is 4.99 Å². The number of nitrogens with two attached hydrogens (primary N) is 1. The van der Waals surface area contributed by atoms with Gasteiger partial charge in [-0.25, -0.2) is 0 Å². The second-order valence-corrected chi connectivity index (χ2v) is 3.18. The molecule has 13 heavy (non-hydrogen) atoms. The predicted molar refractivity (Wildman–Crippen MR) is 50.8 cm³/mol. The molecule has 0 radical (unpaired) electrons. The van der Waals surface area contributed by atoms with Crippen LogP contribution < -0.4 is 5.73 Å². The average Bonchev–Trinajstić information content (AvgIpc) is 2.19. The molecule has 0 aromatic heterocycles. The third kappa shape index (κ3) is 3.14. The largest absolute Gasteiger partial charge is 0.461 e. The number of aliphatic imine (C=N–C) groups is 1. The third-order valence-corrected chi connectivity index (χ3v) is 2.29. The van der Waals surface area contributed by atoms with Gasteiger partial charge in [-0.05, 0) is 25.7 Å². The van der Waals surface area contributed by atoms with Crippen LogP contribution in [0.3, 0.4) is 0 Å². The van der Waals surface area contributed by atoms with E-state index in [1.54, 1.807) is 0 Å². The lowest BCUT2D eigenvalue weighted by molar-refractivity contribution is -0.148. The van der Waals surface area contributed by atoms with Gasteiger partial charge in [0.15, 0.2) is 0 Å². The monoisotopic (exact) mass is 184 g/mol. The van der Waals surface area contributed by atoms with Crippen molar-refractivity contribution in [1.82, 2.24) is 0 Å². The fraction of sp³-hybridized carbons (Fsp3) is 0.778. The standard InChI is InChI=1S/C9H16N2O2/c1-11-7-2-4-8(5-3-7)13-9(12)6-10/h8H,2-6,10H2,1H3. The first-order chi connectivity index (χ1) is 6.26. The lowest BCUT2D eigenvalue weighted by Crippen LogP contribution is -2.27. The van der Waals surface area contributed by atoms with Gasteiger partial charge >= 0.3 is 5.97 Å². The van der Waals surface area contributed by atoms with Crippen molar-refractivity contribution >= 4 is 11.7 Å². The molecule has 0 saturated heterocycles. The first kappa shape index (κ1) is 10.2. The Morgan fingerprint density at radius 1 is 1.62 bits per heavy atom. The highest BCUT2D eigenvalue weighted by atomic mass is 16.5. The molecule has 1 rings (SSSR count). The molecule has 1 fully saturated rings. The maximum Gasteiger partial charge on any atom is 0.319 e. The maximum atomic E-state index is 10.9. The highest BCUT2D eigenvalue weighted by molar-refractivity contribution is 5.85. The molecule has 0 heterocycles. The van der Waals surface area contributed by atoms with E-state index >= 15 is 0 Å². The Kier molecular flexibility index (Phi) is 3.89. The SMILES string of the molecule is CN=C1CCC(OC(=O)CN)CC1. The number of rotatable bonds is 2. The first-order valence-electron chi connectivity index (χ1n) is 4.60. The van der Waals surface area contributed by atoms with Crippen molar-refractivity contribution in [3.8, 4) is 0 Å². The summed E-state index contributed by atoms with van der Waals surface area (Å²) in [4.78, 5) is 15.0. The molecule has 1 saturated carbocycles. The number of hydrogen-bond donors (Lipinski definition) is 1. The van der Waals surface area contributed by atoms with E-state index in [1.807, 2.05) is 7.05 Å². The van der Waals surface area contributed by atoms with E-state index in [4.69, 9.17) is 10.5 Å². The van der Waals surface area contributed by atoms with Crippen molar-refractivity contribution < 1.29 is 9.53 Å². The van der Waals surface area contributed by atoms with E-state index in [9.17, 15) is 4.79 Å². The average molecular weight is 184 g/mol. The number of carbonyl (C=O) groups is 1. The van der Waals surface area contributed by atoms with Crippen molar-refractivity contribution in [1.29, 1.82) is 0 Å². The summed E-state index contributed by atoms with van der Waals surface area (Å²) >= 11 is 0. The van der Waals surface area contributed by atoms with Crippen LogP contribution in [-0.2, 0) is 9.53 Å². The van der Waals surface area contributed by atoms with Crippen LogP contribution in [0.25, 0.3) is 0 Å². The van der Waals surface area contributed by atoms with Crippen LogP contribution in [0.15, 0.2) is 4.99 Å². The molecule has 1 aliphatic rings. The van der Waals surface area contributed by atoms with Crippen LogP contribution in [0.1, 0.15) is 25.7 Å². The van der Waals surface area contributed by atoms with Gasteiger partial charge in [0.1, 0.15) is 6.10 Å². The lowest BCUT2D eigenvalue weighted by atomic mass is 9.96. The van der Waals surface area contributed by atoms with Gasteiger partial charge in [-0.3, -0.25) is 9.79 Å². The zero-order valence-corrected chi connectivity index (χ0v) is 7.95. The van der Waals surface area contributed by atoms with Crippen molar-refractivity contribution in [2.75, 3.05) is 13.6 Å². The van der Waals surface area contributed by atoms with Crippen molar-refractivity contribution in [3.63, 3.8) is 0 Å². The molecular formula is C9H16N2O2. The molecular weight excluding hydrogens is 168 g/mol. The Labute approximate surface area is 78.2 Å². The molecule has 0 unspecified atom stereocenters. The van der Waals surface area contributed by atoms with Crippen molar-refractivity contribution in [3.05, 3.63) is 0 Å². The normalized spacial score (nSPS) is 22.6. The number of carbonyl (C=O) groups excluding carboxylic acids is 1. The van der Waals surface area contributed by atoms with E-state index in [-0.39, 0.29) is 18.6 Å². The van der Waals surface area contributed by atoms with Crippen LogP contribution in [-0.4, -0.2) is 31.4 Å². The number of esters is 1. The Morgan fingerprint density at radius 3 is 2.69 bits per heavy atom. The van der Waals surface area contributed by atoms with Crippen molar-refractivity contribution in [2.24, 2.45) is 10.7 Å². The molecule has 74 valence electrons. The minimum atomic E-state index is -0.304. The summed E-state index contributed by atoms with van der Waals surface area (Å²) in [7, 11) is 1.81. The summed E-state index contributed by atoms with van der Waals surface area (Å²) in [5.41, 5.74) is 6.37. The fourth-order valence-corrected chi connectivity index (χ4v) is 1.50. The van der Waals surface area contributed by atoms with Crippen LogP contribution in [0.2, 0.25) is 0 Å². The van der Waals surface area contributed by atoms with Crippen LogP contribution >= 0.6 is 0 Å². The predicted octanol–water partition coefficient (Wildman–Crippen LogP) is 0.502. The summed E-state index contributed by atoms with van der Waals surface area (Å²) in [6.07, 6.45) is 3.72. The zero-order chi connectivity index (χ0) is 9.68. The number of nitrogens with zero attached hydrogens (tertiary/aromatic N) is 1. The Balaban J connectivity index is 2.29. The highest BCUT2D eigenvalue weighted by Gasteiger charge is 2.19. The fourth-order valence-electron chi connectivity index (χ4n) is 1.50. The van der Waals surface area contributed by atoms with Gasteiger partial charge in [0, 0.05) is 12.8 Å². The van der Waals surface area contributed by atoms with Gasteiger partial charge in [0.25, 0.3) is 0 Å². The van der Waals surface area contributed by atoms with E-state index < -0.39 is 0 Å². The molecule has 4 nitrogen and oxygen atoms in total. The minimum Gasteiger partial charge on any atom is -0.461 e. The number of ether oxygens (including phenoxy) is 1. The smallest absolute Gasteiger partial charge is 0.319 e. The zero-order valence-electron chi connectivity index (χ0n) is 7.95. The summed E-state index contributed by atoms with van der Waals surface area (Å²) in [6, 6.07) is 0. The van der Waals surface area contributed by atoms with E-state index in [0.29, 0.717) is 0 Å². The van der Waals surface area contributed by atoms with Crippen LogP contribution in [0, 0.1) is 0 Å². The minimum absolute atomic E-state index is 0.0226. The van der Waals surface area contributed by atoms with E-state index in [0.717, 1.165) is 25.7 Å². The van der Waals surface area contributed by atoms with Gasteiger partial charge in [0.05, 0.1) is 6.54 Å². The highest BCUT2D eigenvalue weighted by Crippen LogP contribution is 2.18. The molecule has 4 heteroatoms. The van der Waals surface area contributed by atoms with Gasteiger partial charge in [-0.15, -0.1) is 0 Å². The van der Waals surface area contributed by atoms with Crippen LogP contribution in [0.5, 0.6) is 0 Å². The summed E-state index contributed by atoms with van der Waals surface area (Å²) < 4.78 is 5.11. The number of hydrogen-bond acceptors (Lipinski definition) is 4. The second kappa shape index (κ2) is 4.97. The summed E-state index contributed by atoms with van der Waals surface area (Å²) in [6.45, 7) is -0.0226. The molecule has 0 spiro atoms. The van der Waals surface area contributed by atoms with Gasteiger partial charge in [0.2, 0.25) is 0 Å². The Hall–Kier alpha value is -0.900. The molecule has 0 aliphatic heterocycles. The van der Waals surface area contributed by atoms with Crippen molar-refractivity contribution in [2.45, 2.75) is 31.8 Å². The van der Waals surface area contributed by atoms with Crippen LogP contribution in [0.4, 0.5) is 0 Å². The quantitative estimate of drug-likeness (QED) is 0.636. The molecule has 1 aliphatic carbocycles. The molecule has 0 aromatic carbocycles. The molecule has 0 aromatic rings. The van der Waals surface area contributed by atoms with E-state index in [1.165, 1.54) is 5.71 Å². The second-order valence-electron chi connectivity index (χ2n) is 3.18. The lowest BCUT2D eigenvalue weighted by Gasteiger charge is -2.22. The molecule has 0 bridgehead atoms. The molecule has 0 amide bonds. The van der Waals surface area contributed by atoms with Gasteiger partial charge in [-0.1, -0.05) is 0 Å². The maximum absolute atomic E-state index is 10.9. The summed E-state index contributed by atoms with van der Waals surface area (Å²) in [5, 5.41) is 0. The van der Waals surface area contributed by atoms with Gasteiger partial charge in [-0.2, -0.15) is 0 Å². The molecule has 0 atom stereocenters. The molecule has 2 N–H and O–H groups in total. The topological polar surface area (TPSA) is 64.7 Å². The summed E-state index contributed by atoms with van der Waals surface area (Å²) in [5.74, 6) is -0.304. The Bertz CT molecular complexity index is 204. The van der Waals surface area contributed by atoms with Gasteiger partial charge < -0.3 is 10.5 Å².